The zero-order valence-electron chi connectivity index (χ0n) is 11.9. The lowest BCUT2D eigenvalue weighted by molar-refractivity contribution is -0.122. The van der Waals surface area contributed by atoms with Crippen LogP contribution in [0, 0.1) is 5.92 Å². The molecule has 5 nitrogen and oxygen atoms in total. The highest BCUT2D eigenvalue weighted by molar-refractivity contribution is 9.10. The van der Waals surface area contributed by atoms with E-state index >= 15 is 0 Å². The smallest absolute Gasteiger partial charge is 0.336 e. The van der Waals surface area contributed by atoms with E-state index in [0.29, 0.717) is 28.9 Å². The summed E-state index contributed by atoms with van der Waals surface area (Å²) < 4.78 is 0.474. The number of hydrogen-bond acceptors (Lipinski definition) is 3. The molecule has 21 heavy (non-hydrogen) atoms. The number of halogens is 1. The van der Waals surface area contributed by atoms with E-state index in [-0.39, 0.29) is 11.5 Å². The molecule has 0 saturated heterocycles. The van der Waals surface area contributed by atoms with Gasteiger partial charge in [-0.15, -0.1) is 0 Å². The Morgan fingerprint density at radius 2 is 2.19 bits per heavy atom. The molecule has 0 aliphatic heterocycles. The molecule has 0 heterocycles. The Bertz CT molecular complexity index is 576. The van der Waals surface area contributed by atoms with E-state index in [1.165, 1.54) is 6.07 Å². The molecule has 0 aromatic heterocycles. The van der Waals surface area contributed by atoms with Gasteiger partial charge in [0.25, 0.3) is 0 Å². The number of carboxylic acids is 1. The lowest BCUT2D eigenvalue weighted by Gasteiger charge is -2.35. The van der Waals surface area contributed by atoms with Gasteiger partial charge in [0, 0.05) is 10.2 Å². The molecule has 1 saturated carbocycles. The monoisotopic (exact) mass is 354 g/mol. The molecule has 1 amide bonds. The number of amides is 1. The van der Waals surface area contributed by atoms with Gasteiger partial charge >= 0.3 is 5.97 Å². The van der Waals surface area contributed by atoms with E-state index in [9.17, 15) is 9.59 Å². The quantitative estimate of drug-likeness (QED) is 0.777. The van der Waals surface area contributed by atoms with Crippen LogP contribution >= 0.6 is 15.9 Å². The molecule has 114 valence electrons. The minimum Gasteiger partial charge on any atom is -0.478 e. The Kier molecular flexibility index (Phi) is 4.68. The van der Waals surface area contributed by atoms with Crippen LogP contribution in [0.1, 0.15) is 43.0 Å². The van der Waals surface area contributed by atoms with Crippen LogP contribution in [-0.4, -0.2) is 22.5 Å². The van der Waals surface area contributed by atoms with Crippen LogP contribution in [0.5, 0.6) is 0 Å². The maximum Gasteiger partial charge on any atom is 0.336 e. The van der Waals surface area contributed by atoms with Crippen LogP contribution in [0.15, 0.2) is 22.7 Å². The highest BCUT2D eigenvalue weighted by Crippen LogP contribution is 2.31. The molecule has 2 atom stereocenters. The number of hydrogen-bond donors (Lipinski definition) is 3. The van der Waals surface area contributed by atoms with E-state index in [0.717, 1.165) is 12.8 Å². The third-order valence-electron chi connectivity index (χ3n) is 3.94. The molecular formula is C15H19BrN2O3. The number of rotatable bonds is 3. The summed E-state index contributed by atoms with van der Waals surface area (Å²) in [5.74, 6) is -0.867. The Balaban J connectivity index is 2.16. The summed E-state index contributed by atoms with van der Waals surface area (Å²) in [6, 6.07) is 4.69. The molecule has 6 heteroatoms. The number of aromatic carboxylic acids is 1. The number of nitrogens with one attached hydrogen (secondary N) is 1. The van der Waals surface area contributed by atoms with Crippen LogP contribution in [-0.2, 0) is 4.79 Å². The first-order valence-electron chi connectivity index (χ1n) is 6.95. The van der Waals surface area contributed by atoms with Crippen molar-refractivity contribution in [3.8, 4) is 0 Å². The van der Waals surface area contributed by atoms with E-state index in [2.05, 4.69) is 28.2 Å². The second-order valence-corrected chi connectivity index (χ2v) is 6.67. The van der Waals surface area contributed by atoms with Crippen molar-refractivity contribution in [2.75, 3.05) is 5.32 Å². The van der Waals surface area contributed by atoms with E-state index in [1.54, 1.807) is 12.1 Å². The largest absolute Gasteiger partial charge is 0.478 e. The maximum atomic E-state index is 12.4. The molecule has 4 N–H and O–H groups in total. The van der Waals surface area contributed by atoms with Gasteiger partial charge in [0.1, 0.15) is 0 Å². The number of benzene rings is 1. The number of carbonyl (C=O) groups is 2. The third-order valence-corrected chi connectivity index (χ3v) is 4.63. The SMILES string of the molecule is CC1CCCC(N)(C(=O)Nc2ccc(Br)c(C(=O)O)c2)C1. The Labute approximate surface area is 132 Å². The van der Waals surface area contributed by atoms with E-state index in [1.807, 2.05) is 0 Å². The summed E-state index contributed by atoms with van der Waals surface area (Å²) in [7, 11) is 0. The summed E-state index contributed by atoms with van der Waals surface area (Å²) in [4.78, 5) is 23.5. The number of carboxylic acid groups (broad SMARTS) is 1. The average molecular weight is 355 g/mol. The number of nitrogens with two attached hydrogens (primary N) is 1. The van der Waals surface area contributed by atoms with Gasteiger partial charge in [-0.05, 0) is 52.9 Å². The van der Waals surface area contributed by atoms with Gasteiger partial charge in [-0.2, -0.15) is 0 Å². The molecular weight excluding hydrogens is 336 g/mol. The molecule has 0 spiro atoms. The van der Waals surface area contributed by atoms with E-state index in [4.69, 9.17) is 10.8 Å². The second-order valence-electron chi connectivity index (χ2n) is 5.81. The Morgan fingerprint density at radius 3 is 2.81 bits per heavy atom. The fourth-order valence-corrected chi connectivity index (χ4v) is 3.24. The van der Waals surface area contributed by atoms with Gasteiger partial charge in [0.2, 0.25) is 5.91 Å². The zero-order chi connectivity index (χ0) is 15.6. The van der Waals surface area contributed by atoms with Crippen LogP contribution < -0.4 is 11.1 Å². The fourth-order valence-electron chi connectivity index (χ4n) is 2.82. The molecule has 1 aromatic carbocycles. The third kappa shape index (κ3) is 3.63. The first-order chi connectivity index (χ1) is 9.82. The molecule has 0 bridgehead atoms. The van der Waals surface area contributed by atoms with Crippen molar-refractivity contribution < 1.29 is 14.7 Å². The standard InChI is InChI=1S/C15H19BrN2O3/c1-9-3-2-6-15(17,8-9)14(21)18-10-4-5-12(16)11(7-10)13(19)20/h4-5,7,9H,2-3,6,8,17H2,1H3,(H,18,21)(H,19,20). The summed E-state index contributed by atoms with van der Waals surface area (Å²) in [5.41, 5.74) is 5.92. The predicted molar refractivity (Wildman–Crippen MR) is 84.3 cm³/mol. The van der Waals surface area contributed by atoms with Crippen molar-refractivity contribution in [2.45, 2.75) is 38.1 Å². The van der Waals surface area contributed by atoms with Crippen molar-refractivity contribution in [3.63, 3.8) is 0 Å². The second kappa shape index (κ2) is 6.15. The maximum absolute atomic E-state index is 12.4. The Hall–Kier alpha value is -1.40. The zero-order valence-corrected chi connectivity index (χ0v) is 13.4. The lowest BCUT2D eigenvalue weighted by Crippen LogP contribution is -2.53. The molecule has 1 aromatic rings. The first-order valence-corrected chi connectivity index (χ1v) is 7.74. The van der Waals surface area contributed by atoms with E-state index < -0.39 is 11.5 Å². The molecule has 2 unspecified atom stereocenters. The minimum atomic E-state index is -1.05. The fraction of sp³-hybridized carbons (Fsp3) is 0.467. The van der Waals surface area contributed by atoms with Crippen molar-refractivity contribution in [2.24, 2.45) is 11.7 Å². The van der Waals surface area contributed by atoms with Gasteiger partial charge in [-0.25, -0.2) is 4.79 Å². The van der Waals surface area contributed by atoms with Gasteiger partial charge in [-0.3, -0.25) is 4.79 Å². The molecule has 2 rings (SSSR count). The van der Waals surface area contributed by atoms with Crippen LogP contribution in [0.25, 0.3) is 0 Å². The number of anilines is 1. The predicted octanol–water partition coefficient (Wildman–Crippen LogP) is 2.99. The lowest BCUT2D eigenvalue weighted by atomic mass is 9.76. The van der Waals surface area contributed by atoms with Gasteiger partial charge in [0.15, 0.2) is 0 Å². The highest BCUT2D eigenvalue weighted by Gasteiger charge is 2.38. The topological polar surface area (TPSA) is 92.4 Å². The molecule has 1 aliphatic rings. The molecule has 1 fully saturated rings. The van der Waals surface area contributed by atoms with Crippen molar-refractivity contribution in [3.05, 3.63) is 28.2 Å². The molecule has 0 radical (unpaired) electrons. The molecule has 1 aliphatic carbocycles. The van der Waals surface area contributed by atoms with Gasteiger partial charge in [-0.1, -0.05) is 19.8 Å². The summed E-state index contributed by atoms with van der Waals surface area (Å²) in [6.07, 6.45) is 3.34. The summed E-state index contributed by atoms with van der Waals surface area (Å²) in [5, 5.41) is 11.8. The van der Waals surface area contributed by atoms with Crippen molar-refractivity contribution in [1.29, 1.82) is 0 Å². The highest BCUT2D eigenvalue weighted by atomic mass is 79.9. The Morgan fingerprint density at radius 1 is 1.48 bits per heavy atom. The van der Waals surface area contributed by atoms with Crippen LogP contribution in [0.2, 0.25) is 0 Å². The van der Waals surface area contributed by atoms with Gasteiger partial charge < -0.3 is 16.2 Å². The minimum absolute atomic E-state index is 0.107. The summed E-state index contributed by atoms with van der Waals surface area (Å²) >= 11 is 3.17. The number of carbonyl (C=O) groups excluding carboxylic acids is 1. The average Bonchev–Trinajstić information content (AvgIpc) is 2.40. The summed E-state index contributed by atoms with van der Waals surface area (Å²) in [6.45, 7) is 2.09. The normalized spacial score (nSPS) is 25.4. The van der Waals surface area contributed by atoms with Crippen LogP contribution in [0.4, 0.5) is 5.69 Å². The van der Waals surface area contributed by atoms with Crippen LogP contribution in [0.3, 0.4) is 0 Å². The first kappa shape index (κ1) is 16.0. The van der Waals surface area contributed by atoms with Crippen molar-refractivity contribution in [1.82, 2.24) is 0 Å². The van der Waals surface area contributed by atoms with Gasteiger partial charge in [0.05, 0.1) is 11.1 Å². The van der Waals surface area contributed by atoms with Crippen molar-refractivity contribution >= 4 is 33.5 Å².